The van der Waals surface area contributed by atoms with E-state index in [-0.39, 0.29) is 23.0 Å². The van der Waals surface area contributed by atoms with Crippen LogP contribution < -0.4 is 16.6 Å². The van der Waals surface area contributed by atoms with Gasteiger partial charge in [0.25, 0.3) is 11.5 Å². The van der Waals surface area contributed by atoms with Crippen molar-refractivity contribution in [1.82, 2.24) is 24.8 Å². The van der Waals surface area contributed by atoms with E-state index >= 15 is 0 Å². The number of carbonyl (C=O) groups excluding carboxylic acids is 1. The number of nitrogens with zero attached hydrogens (tertiary/aromatic N) is 3. The second-order valence-corrected chi connectivity index (χ2v) is 5.47. The predicted molar refractivity (Wildman–Crippen MR) is 81.0 cm³/mol. The number of H-pyrrole nitrogens is 1. The molecule has 0 saturated carbocycles. The first-order valence-electron chi connectivity index (χ1n) is 7.10. The molecule has 1 aliphatic rings. The minimum Gasteiger partial charge on any atom is -0.333 e. The highest BCUT2D eigenvalue weighted by Crippen LogP contribution is 2.12. The van der Waals surface area contributed by atoms with Gasteiger partial charge in [0, 0.05) is 38.9 Å². The fourth-order valence-corrected chi connectivity index (χ4v) is 2.66. The normalized spacial score (nSPS) is 18.6. The molecule has 2 aromatic rings. The molecule has 116 valence electrons. The van der Waals surface area contributed by atoms with Crippen LogP contribution in [0.5, 0.6) is 0 Å². The number of piperazine rings is 1. The SMILES string of the molecule is C[C@H]1CNCCN1C(=O)c1cnc2c(c1)c(=O)[nH]c(=O)n2C. The molecule has 1 fully saturated rings. The number of aromatic nitrogens is 3. The Morgan fingerprint density at radius 1 is 1.41 bits per heavy atom. The summed E-state index contributed by atoms with van der Waals surface area (Å²) < 4.78 is 1.25. The zero-order chi connectivity index (χ0) is 15.9. The van der Waals surface area contributed by atoms with Crippen LogP contribution in [0.3, 0.4) is 0 Å². The molecule has 0 bridgehead atoms. The fourth-order valence-electron chi connectivity index (χ4n) is 2.66. The summed E-state index contributed by atoms with van der Waals surface area (Å²) in [5.41, 5.74) is -0.447. The van der Waals surface area contributed by atoms with E-state index in [1.54, 1.807) is 4.90 Å². The largest absolute Gasteiger partial charge is 0.333 e. The van der Waals surface area contributed by atoms with Crippen LogP contribution in [0.25, 0.3) is 11.0 Å². The topological polar surface area (TPSA) is 100 Å². The summed E-state index contributed by atoms with van der Waals surface area (Å²) >= 11 is 0. The Morgan fingerprint density at radius 3 is 2.91 bits per heavy atom. The minimum atomic E-state index is -0.534. The molecule has 3 heterocycles. The lowest BCUT2D eigenvalue weighted by Crippen LogP contribution is -2.52. The van der Waals surface area contributed by atoms with Gasteiger partial charge in [0.2, 0.25) is 0 Å². The fraction of sp³-hybridized carbons (Fsp3) is 0.429. The third-order valence-corrected chi connectivity index (χ3v) is 3.96. The molecule has 0 aliphatic carbocycles. The number of carbonyl (C=O) groups is 1. The zero-order valence-electron chi connectivity index (χ0n) is 12.4. The van der Waals surface area contributed by atoms with Crippen molar-refractivity contribution in [2.45, 2.75) is 13.0 Å². The molecule has 1 atom stereocenters. The van der Waals surface area contributed by atoms with Gasteiger partial charge in [-0.05, 0) is 13.0 Å². The molecule has 1 aliphatic heterocycles. The quantitative estimate of drug-likeness (QED) is 0.708. The lowest BCUT2D eigenvalue weighted by molar-refractivity contribution is 0.0655. The summed E-state index contributed by atoms with van der Waals surface area (Å²) in [6, 6.07) is 1.58. The summed E-state index contributed by atoms with van der Waals surface area (Å²) in [5.74, 6) is -0.156. The number of amides is 1. The van der Waals surface area contributed by atoms with Crippen LogP contribution in [0.1, 0.15) is 17.3 Å². The highest BCUT2D eigenvalue weighted by atomic mass is 16.2. The van der Waals surface area contributed by atoms with Crippen LogP contribution in [0.2, 0.25) is 0 Å². The summed E-state index contributed by atoms with van der Waals surface area (Å²) in [5, 5.41) is 3.45. The monoisotopic (exact) mass is 303 g/mol. The zero-order valence-corrected chi connectivity index (χ0v) is 12.4. The summed E-state index contributed by atoms with van der Waals surface area (Å²) in [7, 11) is 1.52. The molecule has 0 aromatic carbocycles. The molecule has 22 heavy (non-hydrogen) atoms. The third-order valence-electron chi connectivity index (χ3n) is 3.96. The van der Waals surface area contributed by atoms with Crippen molar-refractivity contribution in [2.75, 3.05) is 19.6 Å². The van der Waals surface area contributed by atoms with Crippen molar-refractivity contribution < 1.29 is 4.79 Å². The van der Waals surface area contributed by atoms with E-state index in [1.807, 2.05) is 6.92 Å². The lowest BCUT2D eigenvalue weighted by atomic mass is 10.1. The van der Waals surface area contributed by atoms with Crippen LogP contribution in [0, 0.1) is 0 Å². The minimum absolute atomic E-state index is 0.0790. The molecule has 1 amide bonds. The first-order valence-corrected chi connectivity index (χ1v) is 7.10. The van der Waals surface area contributed by atoms with Gasteiger partial charge in [0.15, 0.2) is 0 Å². The number of aryl methyl sites for hydroxylation is 1. The highest BCUT2D eigenvalue weighted by molar-refractivity contribution is 5.97. The Bertz CT molecular complexity index is 854. The number of aromatic amines is 1. The average Bonchev–Trinajstić information content (AvgIpc) is 2.52. The van der Waals surface area contributed by atoms with Gasteiger partial charge in [-0.1, -0.05) is 0 Å². The van der Waals surface area contributed by atoms with E-state index < -0.39 is 11.2 Å². The average molecular weight is 303 g/mol. The Hall–Kier alpha value is -2.48. The second kappa shape index (κ2) is 5.38. The van der Waals surface area contributed by atoms with Crippen molar-refractivity contribution in [2.24, 2.45) is 7.05 Å². The number of fused-ring (bicyclic) bond motifs is 1. The molecule has 0 radical (unpaired) electrons. The maximum Gasteiger partial charge on any atom is 0.329 e. The van der Waals surface area contributed by atoms with Crippen LogP contribution in [-0.2, 0) is 7.05 Å². The van der Waals surface area contributed by atoms with E-state index in [0.29, 0.717) is 12.1 Å². The van der Waals surface area contributed by atoms with Crippen molar-refractivity contribution in [3.05, 3.63) is 38.7 Å². The Kier molecular flexibility index (Phi) is 3.53. The number of nitrogens with one attached hydrogen (secondary N) is 2. The standard InChI is InChI=1S/C14H17N5O3/c1-8-6-15-3-4-19(8)13(21)9-5-10-11(16-7-9)18(2)14(22)17-12(10)20/h5,7-8,15H,3-4,6H2,1-2H3,(H,17,20,22)/t8-/m0/s1. The summed E-state index contributed by atoms with van der Waals surface area (Å²) in [4.78, 5) is 44.2. The van der Waals surface area contributed by atoms with Gasteiger partial charge in [-0.15, -0.1) is 0 Å². The Labute approximate surface area is 125 Å². The first kappa shape index (κ1) is 14.5. The van der Waals surface area contributed by atoms with E-state index in [1.165, 1.54) is 23.9 Å². The number of rotatable bonds is 1. The van der Waals surface area contributed by atoms with Crippen molar-refractivity contribution in [3.63, 3.8) is 0 Å². The van der Waals surface area contributed by atoms with Crippen molar-refractivity contribution in [1.29, 1.82) is 0 Å². The van der Waals surface area contributed by atoms with E-state index in [0.717, 1.165) is 13.1 Å². The van der Waals surface area contributed by atoms with Crippen LogP contribution >= 0.6 is 0 Å². The Morgan fingerprint density at radius 2 is 2.18 bits per heavy atom. The van der Waals surface area contributed by atoms with Gasteiger partial charge >= 0.3 is 5.69 Å². The molecule has 0 unspecified atom stereocenters. The highest BCUT2D eigenvalue weighted by Gasteiger charge is 2.24. The van der Waals surface area contributed by atoms with E-state index in [9.17, 15) is 14.4 Å². The van der Waals surface area contributed by atoms with Gasteiger partial charge in [0.05, 0.1) is 10.9 Å². The van der Waals surface area contributed by atoms with Crippen LogP contribution in [0.4, 0.5) is 0 Å². The van der Waals surface area contributed by atoms with Crippen LogP contribution in [-0.4, -0.2) is 51.0 Å². The van der Waals surface area contributed by atoms with E-state index in [4.69, 9.17) is 0 Å². The summed E-state index contributed by atoms with van der Waals surface area (Å²) in [6.07, 6.45) is 1.41. The molecule has 8 heteroatoms. The molecule has 0 spiro atoms. The molecule has 2 aromatic heterocycles. The first-order chi connectivity index (χ1) is 10.5. The molecule has 1 saturated heterocycles. The number of hydrogen-bond acceptors (Lipinski definition) is 5. The van der Waals surface area contributed by atoms with Gasteiger partial charge in [-0.25, -0.2) is 9.78 Å². The smallest absolute Gasteiger partial charge is 0.329 e. The van der Waals surface area contributed by atoms with Crippen LogP contribution in [0.15, 0.2) is 21.9 Å². The van der Waals surface area contributed by atoms with Crippen molar-refractivity contribution in [3.8, 4) is 0 Å². The van der Waals surface area contributed by atoms with Gasteiger partial charge < -0.3 is 10.2 Å². The maximum atomic E-state index is 12.6. The molecular weight excluding hydrogens is 286 g/mol. The molecule has 3 rings (SSSR count). The van der Waals surface area contributed by atoms with E-state index in [2.05, 4.69) is 15.3 Å². The van der Waals surface area contributed by atoms with Gasteiger partial charge in [-0.3, -0.25) is 19.1 Å². The lowest BCUT2D eigenvalue weighted by Gasteiger charge is -2.34. The maximum absolute atomic E-state index is 12.6. The second-order valence-electron chi connectivity index (χ2n) is 5.47. The van der Waals surface area contributed by atoms with Gasteiger partial charge in [-0.2, -0.15) is 0 Å². The number of hydrogen-bond donors (Lipinski definition) is 2. The van der Waals surface area contributed by atoms with Crippen molar-refractivity contribution >= 4 is 16.9 Å². The third kappa shape index (κ3) is 2.31. The molecule has 2 N–H and O–H groups in total. The van der Waals surface area contributed by atoms with Gasteiger partial charge in [0.1, 0.15) is 5.65 Å². The Balaban J connectivity index is 2.07. The molecule has 8 nitrogen and oxygen atoms in total. The summed E-state index contributed by atoms with van der Waals surface area (Å²) in [6.45, 7) is 4.06. The predicted octanol–water partition coefficient (Wildman–Crippen LogP) is -0.944. The number of pyridine rings is 1. The molecular formula is C14H17N5O3.